The Morgan fingerprint density at radius 1 is 0.667 bits per heavy atom. The van der Waals surface area contributed by atoms with E-state index in [0.717, 1.165) is 6.08 Å². The van der Waals surface area contributed by atoms with Crippen LogP contribution in [0.3, 0.4) is 0 Å². The Kier molecular flexibility index (Phi) is 10.7. The number of carbonyl (C=O) groups excluding carboxylic acids is 1. The molecule has 8 nitrogen and oxygen atoms in total. The molecule has 0 unspecified atom stereocenters. The van der Waals surface area contributed by atoms with Gasteiger partial charge in [-0.2, -0.15) is 0 Å². The van der Waals surface area contributed by atoms with Crippen molar-refractivity contribution in [2.24, 2.45) is 0 Å². The zero-order valence-electron chi connectivity index (χ0n) is 20.8. The third kappa shape index (κ3) is 7.43. The molecule has 0 atom stereocenters. The van der Waals surface area contributed by atoms with E-state index in [-0.39, 0.29) is 5.76 Å². The fourth-order valence-corrected chi connectivity index (χ4v) is 3.16. The van der Waals surface area contributed by atoms with Crippen molar-refractivity contribution in [3.8, 4) is 34.5 Å². The van der Waals surface area contributed by atoms with E-state index in [2.05, 4.69) is 4.65 Å². The maximum absolute atomic E-state index is 13.0. The summed E-state index contributed by atoms with van der Waals surface area (Å²) >= 11 is 0. The molecule has 2 aromatic carbocycles. The third-order valence-electron chi connectivity index (χ3n) is 4.76. The van der Waals surface area contributed by atoms with Gasteiger partial charge in [-0.1, -0.05) is 12.2 Å². The second kappa shape index (κ2) is 13.7. The van der Waals surface area contributed by atoms with E-state index in [1.165, 1.54) is 67.0 Å². The molecule has 0 fully saturated rings. The minimum atomic E-state index is -3.13. The Labute approximate surface area is 208 Å². The quantitative estimate of drug-likeness (QED) is 0.166. The predicted molar refractivity (Wildman–Crippen MR) is 132 cm³/mol. The smallest absolute Gasteiger partial charge is 0.505 e. The zero-order valence-corrected chi connectivity index (χ0v) is 20.8. The molecule has 2 aromatic rings. The molecular weight excluding hydrogens is 477 g/mol. The van der Waals surface area contributed by atoms with Crippen LogP contribution in [0.4, 0.5) is 8.63 Å². The summed E-state index contributed by atoms with van der Waals surface area (Å²) in [5.41, 5.74) is 1.10. The van der Waals surface area contributed by atoms with Crippen LogP contribution in [0.15, 0.2) is 48.3 Å². The number of halogens is 2. The topological polar surface area (TPSA) is 81.7 Å². The predicted octanol–water partition coefficient (Wildman–Crippen LogP) is 4.86. The average molecular weight is 504 g/mol. The second-order valence-corrected chi connectivity index (χ2v) is 6.91. The molecule has 0 saturated heterocycles. The van der Waals surface area contributed by atoms with Crippen molar-refractivity contribution in [3.63, 3.8) is 0 Å². The maximum atomic E-state index is 13.0. The van der Waals surface area contributed by atoms with Crippen LogP contribution >= 0.6 is 0 Å². The first-order valence-corrected chi connectivity index (χ1v) is 10.5. The SMILES string of the molecule is COc1cc(/C=C/C(=O)/C=C(/C=C/c2cc(OC)c(OC)c(OC)c2)OB(F)F)cc(OC)c1OC. The van der Waals surface area contributed by atoms with Crippen molar-refractivity contribution in [1.82, 2.24) is 0 Å². The second-order valence-electron chi connectivity index (χ2n) is 6.91. The van der Waals surface area contributed by atoms with Crippen LogP contribution in [0.5, 0.6) is 34.5 Å². The monoisotopic (exact) mass is 504 g/mol. The summed E-state index contributed by atoms with van der Waals surface area (Å²) in [5, 5.41) is 0. The van der Waals surface area contributed by atoms with Gasteiger partial charge in [-0.3, -0.25) is 4.79 Å². The van der Waals surface area contributed by atoms with E-state index >= 15 is 0 Å². The highest BCUT2D eigenvalue weighted by Gasteiger charge is 2.19. The van der Waals surface area contributed by atoms with Gasteiger partial charge in [0.05, 0.1) is 42.7 Å². The maximum Gasteiger partial charge on any atom is 0.796 e. The minimum absolute atomic E-state index is 0.349. The Hall–Kier alpha value is -4.15. The first-order valence-electron chi connectivity index (χ1n) is 10.5. The van der Waals surface area contributed by atoms with Crippen LogP contribution in [-0.2, 0) is 9.45 Å². The van der Waals surface area contributed by atoms with Crippen LogP contribution in [0, 0.1) is 0 Å². The lowest BCUT2D eigenvalue weighted by atomic mass is 10.1. The van der Waals surface area contributed by atoms with Crippen LogP contribution < -0.4 is 28.4 Å². The lowest BCUT2D eigenvalue weighted by molar-refractivity contribution is -0.110. The highest BCUT2D eigenvalue weighted by atomic mass is 19.2. The van der Waals surface area contributed by atoms with E-state index in [0.29, 0.717) is 45.6 Å². The van der Waals surface area contributed by atoms with Gasteiger partial charge in [-0.25, -0.2) is 8.63 Å². The number of allylic oxidation sites excluding steroid dienone is 3. The van der Waals surface area contributed by atoms with E-state index < -0.39 is 13.3 Å². The highest BCUT2D eigenvalue weighted by Crippen LogP contribution is 2.39. The lowest BCUT2D eigenvalue weighted by Gasteiger charge is -2.13. The average Bonchev–Trinajstić information content (AvgIpc) is 2.88. The van der Waals surface area contributed by atoms with Crippen LogP contribution in [-0.4, -0.2) is 55.9 Å². The van der Waals surface area contributed by atoms with Gasteiger partial charge in [0.2, 0.25) is 11.5 Å². The van der Waals surface area contributed by atoms with Gasteiger partial charge in [0.25, 0.3) is 0 Å². The molecule has 0 spiro atoms. The molecule has 0 aliphatic carbocycles. The van der Waals surface area contributed by atoms with Crippen molar-refractivity contribution in [3.05, 3.63) is 59.4 Å². The molecule has 192 valence electrons. The molecular formula is C25H27BF2O8. The van der Waals surface area contributed by atoms with Gasteiger partial charge in [0, 0.05) is 6.08 Å². The van der Waals surface area contributed by atoms with Crippen LogP contribution in [0.25, 0.3) is 12.2 Å². The standard InChI is InChI=1S/C25H27BF2O8/c1-30-20-11-16(12-21(31-2)24(20)34-5)7-9-18(29)15-19(36-26(27)28)10-8-17-13-22(32-3)25(35-6)23(14-17)33-4/h7-15H,1-6H3/b9-7+,10-8+,19-15-. The van der Waals surface area contributed by atoms with Gasteiger partial charge in [-0.05, 0) is 47.5 Å². The number of rotatable bonds is 13. The Bertz CT molecular complexity index is 1090. The summed E-state index contributed by atoms with van der Waals surface area (Å²) in [6.45, 7) is 0. The summed E-state index contributed by atoms with van der Waals surface area (Å²) < 4.78 is 62.1. The molecule has 0 aromatic heterocycles. The van der Waals surface area contributed by atoms with Gasteiger partial charge in [0.1, 0.15) is 5.76 Å². The molecule has 11 heteroatoms. The largest absolute Gasteiger partial charge is 0.796 e. The van der Waals surface area contributed by atoms with Gasteiger partial charge >= 0.3 is 7.47 Å². The Balaban J connectivity index is 2.34. The van der Waals surface area contributed by atoms with Crippen molar-refractivity contribution in [2.45, 2.75) is 0 Å². The first kappa shape index (κ1) is 28.1. The normalized spacial score (nSPS) is 11.4. The van der Waals surface area contributed by atoms with Gasteiger partial charge in [0.15, 0.2) is 28.8 Å². The minimum Gasteiger partial charge on any atom is -0.505 e. The number of hydrogen-bond acceptors (Lipinski definition) is 8. The van der Waals surface area contributed by atoms with Crippen LogP contribution in [0.2, 0.25) is 0 Å². The highest BCUT2D eigenvalue weighted by molar-refractivity contribution is 6.35. The summed E-state index contributed by atoms with van der Waals surface area (Å²) in [5.74, 6) is 1.38. The summed E-state index contributed by atoms with van der Waals surface area (Å²) in [4.78, 5) is 12.5. The van der Waals surface area contributed by atoms with Crippen molar-refractivity contribution in [1.29, 1.82) is 0 Å². The molecule has 0 heterocycles. The number of methoxy groups -OCH3 is 6. The van der Waals surface area contributed by atoms with Crippen LogP contribution in [0.1, 0.15) is 11.1 Å². The van der Waals surface area contributed by atoms with Crippen molar-refractivity contribution >= 4 is 25.4 Å². The number of ether oxygens (including phenoxy) is 6. The van der Waals surface area contributed by atoms with E-state index in [1.807, 2.05) is 0 Å². The molecule has 0 radical (unpaired) electrons. The number of carbonyl (C=O) groups is 1. The van der Waals surface area contributed by atoms with E-state index in [9.17, 15) is 13.4 Å². The molecule has 36 heavy (non-hydrogen) atoms. The van der Waals surface area contributed by atoms with Gasteiger partial charge < -0.3 is 33.1 Å². The Morgan fingerprint density at radius 3 is 1.39 bits per heavy atom. The summed E-state index contributed by atoms with van der Waals surface area (Å²) in [6, 6.07) is 6.50. The molecule has 0 N–H and O–H groups in total. The third-order valence-corrected chi connectivity index (χ3v) is 4.76. The first-order chi connectivity index (χ1) is 17.3. The molecule has 0 aliphatic heterocycles. The van der Waals surface area contributed by atoms with Crippen molar-refractivity contribution in [2.75, 3.05) is 42.7 Å². The Morgan fingerprint density at radius 2 is 1.06 bits per heavy atom. The molecule has 0 saturated carbocycles. The lowest BCUT2D eigenvalue weighted by Crippen LogP contribution is -2.04. The van der Waals surface area contributed by atoms with Crippen molar-refractivity contribution < 1.29 is 46.5 Å². The molecule has 0 aliphatic rings. The number of hydrogen-bond donors (Lipinski definition) is 0. The van der Waals surface area contributed by atoms with Gasteiger partial charge in [-0.15, -0.1) is 0 Å². The zero-order chi connectivity index (χ0) is 26.7. The number of ketones is 1. The number of benzene rings is 2. The molecule has 0 amide bonds. The fourth-order valence-electron chi connectivity index (χ4n) is 3.16. The van der Waals surface area contributed by atoms with E-state index in [4.69, 9.17) is 28.4 Å². The molecule has 0 bridgehead atoms. The van der Waals surface area contributed by atoms with E-state index in [1.54, 1.807) is 24.3 Å². The molecule has 2 rings (SSSR count). The summed E-state index contributed by atoms with van der Waals surface area (Å²) in [6.07, 6.45) is 6.32. The summed E-state index contributed by atoms with van der Waals surface area (Å²) in [7, 11) is 5.64. The fraction of sp³-hybridized carbons (Fsp3) is 0.240.